The van der Waals surface area contributed by atoms with Crippen molar-refractivity contribution in [3.63, 3.8) is 0 Å². The van der Waals surface area contributed by atoms with E-state index in [1.54, 1.807) is 6.92 Å². The number of H-pyrrole nitrogens is 2. The minimum Gasteiger partial charge on any atom is -0.481 e. The third kappa shape index (κ3) is 8.63. The number of esters is 1. The first-order chi connectivity index (χ1) is 25.8. The predicted molar refractivity (Wildman–Crippen MR) is 205 cm³/mol. The van der Waals surface area contributed by atoms with Gasteiger partial charge < -0.3 is 29.9 Å². The maximum absolute atomic E-state index is 14.3. The second-order valence-electron chi connectivity index (χ2n) is 14.8. The van der Waals surface area contributed by atoms with Gasteiger partial charge in [-0.25, -0.2) is 0 Å². The average Bonchev–Trinajstić information content (AvgIpc) is 3.82. The number of carboxylic acid groups (broad SMARTS) is 1. The van der Waals surface area contributed by atoms with E-state index in [-0.39, 0.29) is 69.1 Å². The zero-order chi connectivity index (χ0) is 38.8. The number of methoxy groups -OCH3 is 1. The number of aryl methyl sites for hydroxylation is 2. The molecule has 1 saturated heterocycles. The van der Waals surface area contributed by atoms with E-state index in [1.165, 1.54) is 7.11 Å². The number of nitrogens with zero attached hydrogens (tertiary/aromatic N) is 3. The van der Waals surface area contributed by atoms with Crippen LogP contribution in [0.1, 0.15) is 131 Å². The Morgan fingerprint density at radius 1 is 0.927 bits per heavy atom. The number of aliphatic carboxylic acids is 1. The Morgan fingerprint density at radius 2 is 1.55 bits per heavy atom. The maximum atomic E-state index is 14.3. The van der Waals surface area contributed by atoms with Crippen LogP contribution in [0.4, 0.5) is 0 Å². The van der Waals surface area contributed by atoms with E-state index in [4.69, 9.17) is 19.4 Å². The summed E-state index contributed by atoms with van der Waals surface area (Å²) in [5, 5.41) is 12.9. The largest absolute Gasteiger partial charge is 2.00 e. The number of aromatic nitrogens is 4. The normalized spacial score (nSPS) is 19.8. The topological polar surface area (TPSA) is 180 Å². The van der Waals surface area contributed by atoms with Gasteiger partial charge in [-0.15, -0.1) is 0 Å². The van der Waals surface area contributed by atoms with E-state index in [0.717, 1.165) is 36.5 Å². The number of ether oxygens (including phenoxy) is 2. The maximum Gasteiger partial charge on any atom is 2.00 e. The molecule has 1 amide bonds. The van der Waals surface area contributed by atoms with Crippen LogP contribution in [0, 0.1) is 13.8 Å². The fourth-order valence-corrected chi connectivity index (χ4v) is 8.37. The number of carbonyl (C=O) groups is 4. The van der Waals surface area contributed by atoms with Crippen LogP contribution in [0.3, 0.4) is 0 Å². The van der Waals surface area contributed by atoms with Gasteiger partial charge in [0, 0.05) is 95.5 Å². The standard InChI is InChI=1S/C41H52N6O7.Pd/c1-8-26-21(2)29-20-34-37(25(6)48)23(4)31(44-34)18-30-22(3)27(9-10-35(49)50)39(45-30)28(17-36(51)53-7)40-38(24(5)32(46-40)19-33(26)43-29)41(52)42-11-12-47-13-15-54-16-14-47;/h18-22,26-27,44,46H,8-17H2,1-7H3,(H,42,52)(H,49,50);/q;+2/t21-,22+,26-,27+;/m1./s1. The number of aromatic amines is 2. The Kier molecular flexibility index (Phi) is 13.5. The van der Waals surface area contributed by atoms with Crippen molar-refractivity contribution in [3.05, 3.63) is 68.8 Å². The van der Waals surface area contributed by atoms with Crippen LogP contribution >= 0.6 is 0 Å². The Morgan fingerprint density at radius 3 is 2.20 bits per heavy atom. The molecule has 14 heteroatoms. The van der Waals surface area contributed by atoms with Gasteiger partial charge in [0.05, 0.1) is 49.0 Å². The van der Waals surface area contributed by atoms with Crippen molar-refractivity contribution in [1.29, 1.82) is 0 Å². The Labute approximate surface area is 335 Å². The molecule has 3 aliphatic rings. The van der Waals surface area contributed by atoms with Gasteiger partial charge >= 0.3 is 32.4 Å². The number of carboxylic acids is 1. The molecule has 8 bridgehead atoms. The minimum absolute atomic E-state index is 0. The third-order valence-electron chi connectivity index (χ3n) is 11.5. The summed E-state index contributed by atoms with van der Waals surface area (Å²) in [6.07, 6.45) is 0.753. The number of hydrogen-bond acceptors (Lipinski definition) is 9. The quantitative estimate of drug-likeness (QED) is 0.102. The molecule has 3 aromatic rings. The molecule has 6 heterocycles. The van der Waals surface area contributed by atoms with Crippen LogP contribution in [0.5, 0.6) is 0 Å². The van der Waals surface area contributed by atoms with Crippen molar-refractivity contribution >= 4 is 45.7 Å². The van der Waals surface area contributed by atoms with Crippen LogP contribution in [-0.2, 0) is 45.9 Å². The second-order valence-corrected chi connectivity index (χ2v) is 14.8. The van der Waals surface area contributed by atoms with Crippen LogP contribution < -0.4 is 5.32 Å². The predicted octanol–water partition coefficient (Wildman–Crippen LogP) is 5.96. The first-order valence-corrected chi connectivity index (χ1v) is 19.0. The number of Topliss-reactive ketones (excluding diaryl/α,β-unsaturated/α-hetero) is 1. The van der Waals surface area contributed by atoms with Crippen LogP contribution in [0.25, 0.3) is 22.1 Å². The van der Waals surface area contributed by atoms with Gasteiger partial charge in [0.2, 0.25) is 0 Å². The number of fused-ring (bicyclic) bond motifs is 8. The fourth-order valence-electron chi connectivity index (χ4n) is 8.37. The smallest absolute Gasteiger partial charge is 0.481 e. The molecular weight excluding hydrogens is 795 g/mol. The number of carbonyl (C=O) groups excluding carboxylic acids is 3. The number of morpholine rings is 1. The van der Waals surface area contributed by atoms with Gasteiger partial charge in [0.15, 0.2) is 5.78 Å². The number of ketones is 1. The van der Waals surface area contributed by atoms with Gasteiger partial charge in [-0.3, -0.25) is 34.0 Å². The fraction of sp³-hybridized carbons (Fsp3) is 0.512. The van der Waals surface area contributed by atoms with Crippen molar-refractivity contribution in [3.8, 4) is 0 Å². The summed E-state index contributed by atoms with van der Waals surface area (Å²) < 4.78 is 10.7. The van der Waals surface area contributed by atoms with Crippen LogP contribution in [-0.4, -0.2) is 100 Å². The number of hydrogen-bond donors (Lipinski definition) is 4. The third-order valence-corrected chi connectivity index (χ3v) is 11.5. The summed E-state index contributed by atoms with van der Waals surface area (Å²) in [6, 6.07) is 5.87. The molecule has 4 atom stereocenters. The summed E-state index contributed by atoms with van der Waals surface area (Å²) in [7, 11) is 1.32. The Bertz CT molecular complexity index is 2140. The number of rotatable bonds is 11. The van der Waals surface area contributed by atoms with Crippen molar-refractivity contribution in [2.75, 3.05) is 46.5 Å². The molecule has 1 fully saturated rings. The van der Waals surface area contributed by atoms with Gasteiger partial charge in [-0.2, -0.15) is 0 Å². The zero-order valence-corrected chi connectivity index (χ0v) is 34.2. The van der Waals surface area contributed by atoms with Crippen molar-refractivity contribution in [2.24, 2.45) is 0 Å². The zero-order valence-electron chi connectivity index (χ0n) is 32.7. The van der Waals surface area contributed by atoms with Crippen molar-refractivity contribution < 1.29 is 54.2 Å². The first-order valence-electron chi connectivity index (χ1n) is 19.0. The molecule has 0 unspecified atom stereocenters. The molecule has 4 N–H and O–H groups in total. The van der Waals surface area contributed by atoms with E-state index < -0.39 is 17.9 Å². The summed E-state index contributed by atoms with van der Waals surface area (Å²) in [4.78, 5) is 72.2. The SMILES string of the molecule is CC[C@H]1c2cc3[nH]c(c(CC(=O)OC)c4nc(cc5[nH]c(cc(n2)[C@@H]1C)c(C(C)=O)c5C)[C@@H](C)[C@@H]4CCC(=O)O)c(C(=O)NCCN1CCOCC1)c3C.[Pd+2]. The molecule has 3 aromatic heterocycles. The van der Waals surface area contributed by atoms with Gasteiger partial charge in [-0.1, -0.05) is 20.8 Å². The van der Waals surface area contributed by atoms with Crippen molar-refractivity contribution in [2.45, 2.75) is 90.9 Å². The molecule has 0 aliphatic carbocycles. The van der Waals surface area contributed by atoms with E-state index in [2.05, 4.69) is 34.0 Å². The molecule has 296 valence electrons. The monoisotopic (exact) mass is 846 g/mol. The number of nitrogens with one attached hydrogen (secondary N) is 3. The minimum atomic E-state index is -0.945. The molecule has 3 aliphatic heterocycles. The molecule has 0 saturated carbocycles. The summed E-state index contributed by atoms with van der Waals surface area (Å²) in [6.45, 7) is 15.6. The van der Waals surface area contributed by atoms with Crippen molar-refractivity contribution in [1.82, 2.24) is 30.2 Å². The second kappa shape index (κ2) is 17.7. The molecule has 0 spiro atoms. The summed E-state index contributed by atoms with van der Waals surface area (Å²) in [5.74, 6) is -2.37. The molecule has 0 aromatic carbocycles. The molecular formula is C41H52N6O7Pd+2. The Hall–Kier alpha value is -4.22. The average molecular weight is 847 g/mol. The van der Waals surface area contributed by atoms with Gasteiger partial charge in [0.25, 0.3) is 5.91 Å². The van der Waals surface area contributed by atoms with E-state index in [9.17, 15) is 24.3 Å². The molecule has 55 heavy (non-hydrogen) atoms. The molecule has 0 radical (unpaired) electrons. The van der Waals surface area contributed by atoms with E-state index in [1.807, 2.05) is 39.0 Å². The molecule has 13 nitrogen and oxygen atoms in total. The van der Waals surface area contributed by atoms with Gasteiger partial charge in [-0.05, 0) is 62.9 Å². The van der Waals surface area contributed by atoms with Crippen LogP contribution in [0.2, 0.25) is 0 Å². The summed E-state index contributed by atoms with van der Waals surface area (Å²) >= 11 is 0. The summed E-state index contributed by atoms with van der Waals surface area (Å²) in [5.41, 5.74) is 8.29. The number of amides is 1. The van der Waals surface area contributed by atoms with E-state index in [0.29, 0.717) is 82.0 Å². The Balaban J connectivity index is 0.00000580. The van der Waals surface area contributed by atoms with Crippen LogP contribution in [0.15, 0.2) is 18.2 Å². The first kappa shape index (κ1) is 41.9. The van der Waals surface area contributed by atoms with Gasteiger partial charge in [0.1, 0.15) is 0 Å². The molecule has 6 rings (SSSR count). The van der Waals surface area contributed by atoms with E-state index >= 15 is 0 Å².